The first-order valence-electron chi connectivity index (χ1n) is 9.76. The average Bonchev–Trinajstić information content (AvgIpc) is 2.81. The molecule has 0 bridgehead atoms. The summed E-state index contributed by atoms with van der Waals surface area (Å²) in [6.45, 7) is 0.393. The molecule has 1 saturated heterocycles. The molecule has 0 unspecified atom stereocenters. The van der Waals surface area contributed by atoms with Crippen molar-refractivity contribution in [1.82, 2.24) is 8.61 Å². The minimum absolute atomic E-state index is 0.0939. The molecule has 1 heterocycles. The predicted octanol–water partition coefficient (Wildman–Crippen LogP) is 3.17. The first-order chi connectivity index (χ1) is 14.9. The van der Waals surface area contributed by atoms with Crippen LogP contribution in [0.1, 0.15) is 0 Å². The number of rotatable bonds is 6. The molecule has 0 spiro atoms. The van der Waals surface area contributed by atoms with Gasteiger partial charge in [-0.1, -0.05) is 36.4 Å². The first kappa shape index (κ1) is 21.5. The molecule has 0 atom stereocenters. The van der Waals surface area contributed by atoms with Gasteiger partial charge in [0.1, 0.15) is 11.5 Å². The molecule has 0 N–H and O–H groups in total. The van der Waals surface area contributed by atoms with E-state index in [0.29, 0.717) is 11.5 Å². The van der Waals surface area contributed by atoms with Crippen LogP contribution >= 0.6 is 0 Å². The molecule has 1 fully saturated rings. The zero-order valence-corrected chi connectivity index (χ0v) is 18.3. The monoisotopic (exact) mass is 458 g/mol. The Morgan fingerprint density at radius 1 is 0.516 bits per heavy atom. The van der Waals surface area contributed by atoms with Gasteiger partial charge in [-0.2, -0.15) is 8.61 Å². The lowest BCUT2D eigenvalue weighted by Gasteiger charge is -2.33. The first-order valence-corrected chi connectivity index (χ1v) is 12.6. The summed E-state index contributed by atoms with van der Waals surface area (Å²) in [5, 5.41) is 0. The second-order valence-electron chi connectivity index (χ2n) is 7.01. The van der Waals surface area contributed by atoms with Crippen molar-refractivity contribution in [1.29, 1.82) is 0 Å². The van der Waals surface area contributed by atoms with Gasteiger partial charge in [-0.25, -0.2) is 16.8 Å². The van der Waals surface area contributed by atoms with Crippen molar-refractivity contribution < 1.29 is 21.6 Å². The summed E-state index contributed by atoms with van der Waals surface area (Å²) in [6.07, 6.45) is 0. The highest BCUT2D eigenvalue weighted by atomic mass is 32.2. The highest BCUT2D eigenvalue weighted by molar-refractivity contribution is 7.89. The summed E-state index contributed by atoms with van der Waals surface area (Å²) >= 11 is 0. The van der Waals surface area contributed by atoms with Crippen LogP contribution in [-0.4, -0.2) is 51.6 Å². The van der Waals surface area contributed by atoms with Crippen molar-refractivity contribution in [3.8, 4) is 11.5 Å². The van der Waals surface area contributed by atoms with E-state index in [9.17, 15) is 16.8 Å². The summed E-state index contributed by atoms with van der Waals surface area (Å²) in [5.74, 6) is 1.19. The predicted molar refractivity (Wildman–Crippen MR) is 117 cm³/mol. The summed E-state index contributed by atoms with van der Waals surface area (Å²) in [5.41, 5.74) is 0. The van der Waals surface area contributed by atoms with E-state index in [1.54, 1.807) is 30.3 Å². The number of ether oxygens (including phenoxy) is 1. The van der Waals surface area contributed by atoms with Gasteiger partial charge in [-0.05, 0) is 48.5 Å². The highest BCUT2D eigenvalue weighted by Gasteiger charge is 2.33. The molecule has 3 aromatic rings. The van der Waals surface area contributed by atoms with Gasteiger partial charge in [0, 0.05) is 26.2 Å². The molecule has 1 aliphatic rings. The van der Waals surface area contributed by atoms with E-state index in [4.69, 9.17) is 4.74 Å². The number of sulfonamides is 2. The Morgan fingerprint density at radius 2 is 0.903 bits per heavy atom. The molecule has 162 valence electrons. The Kier molecular flexibility index (Phi) is 6.10. The molecule has 0 aromatic heterocycles. The van der Waals surface area contributed by atoms with Crippen LogP contribution in [0.15, 0.2) is 94.7 Å². The molecule has 4 rings (SSSR count). The Balaban J connectivity index is 1.43. The summed E-state index contributed by atoms with van der Waals surface area (Å²) in [7, 11) is -7.36. The molecule has 31 heavy (non-hydrogen) atoms. The quantitative estimate of drug-likeness (QED) is 0.567. The fraction of sp³-hybridized carbons (Fsp3) is 0.182. The van der Waals surface area contributed by atoms with E-state index in [1.165, 1.54) is 32.9 Å². The number of para-hydroxylation sites is 1. The molecular formula is C22H22N2O5S2. The van der Waals surface area contributed by atoms with Gasteiger partial charge in [0.15, 0.2) is 0 Å². The molecule has 0 radical (unpaired) electrons. The lowest BCUT2D eigenvalue weighted by atomic mass is 10.3. The van der Waals surface area contributed by atoms with E-state index in [1.807, 2.05) is 30.3 Å². The minimum Gasteiger partial charge on any atom is -0.457 e. The standard InChI is InChI=1S/C22H22N2O5S2/c25-30(26,21-9-5-2-6-10-21)23-15-17-24(18-16-23)31(27,28)22-13-11-20(12-14-22)29-19-7-3-1-4-8-19/h1-14H,15-18H2. The van der Waals surface area contributed by atoms with Crippen molar-refractivity contribution in [3.05, 3.63) is 84.9 Å². The molecule has 9 heteroatoms. The normalized spacial score (nSPS) is 16.1. The van der Waals surface area contributed by atoms with Crippen molar-refractivity contribution >= 4 is 20.0 Å². The van der Waals surface area contributed by atoms with Crippen LogP contribution in [-0.2, 0) is 20.0 Å². The molecule has 3 aromatic carbocycles. The van der Waals surface area contributed by atoms with Crippen molar-refractivity contribution in [2.75, 3.05) is 26.2 Å². The summed E-state index contributed by atoms with van der Waals surface area (Å²) < 4.78 is 59.8. The minimum atomic E-state index is -3.73. The number of hydrogen-bond acceptors (Lipinski definition) is 5. The van der Waals surface area contributed by atoms with Crippen molar-refractivity contribution in [2.45, 2.75) is 9.79 Å². The average molecular weight is 459 g/mol. The molecule has 0 amide bonds. The number of hydrogen-bond donors (Lipinski definition) is 0. The maximum absolute atomic E-state index is 13.0. The Labute approximate surface area is 182 Å². The van der Waals surface area contributed by atoms with Crippen LogP contribution in [0.3, 0.4) is 0 Å². The second kappa shape index (κ2) is 8.80. The third-order valence-corrected chi connectivity index (χ3v) is 8.84. The van der Waals surface area contributed by atoms with Crippen LogP contribution in [0.4, 0.5) is 0 Å². The SMILES string of the molecule is O=S(=O)(c1ccccc1)N1CCN(S(=O)(=O)c2ccc(Oc3ccccc3)cc2)CC1. The molecule has 0 aliphatic carbocycles. The number of nitrogens with zero attached hydrogens (tertiary/aromatic N) is 2. The van der Waals surface area contributed by atoms with Gasteiger partial charge in [0.2, 0.25) is 20.0 Å². The fourth-order valence-electron chi connectivity index (χ4n) is 3.35. The molecule has 7 nitrogen and oxygen atoms in total. The lowest BCUT2D eigenvalue weighted by molar-refractivity contribution is 0.273. The fourth-order valence-corrected chi connectivity index (χ4v) is 6.21. The van der Waals surface area contributed by atoms with E-state index in [2.05, 4.69) is 0 Å². The van der Waals surface area contributed by atoms with Gasteiger partial charge in [-0.3, -0.25) is 0 Å². The maximum atomic E-state index is 13.0. The zero-order valence-electron chi connectivity index (χ0n) is 16.7. The lowest BCUT2D eigenvalue weighted by Crippen LogP contribution is -2.50. The zero-order chi connectivity index (χ0) is 21.9. The number of piperazine rings is 1. The van der Waals surface area contributed by atoms with Gasteiger partial charge >= 0.3 is 0 Å². The van der Waals surface area contributed by atoms with E-state index < -0.39 is 20.0 Å². The summed E-state index contributed by atoms with van der Waals surface area (Å²) in [4.78, 5) is 0.354. The van der Waals surface area contributed by atoms with E-state index in [-0.39, 0.29) is 36.0 Å². The van der Waals surface area contributed by atoms with Crippen molar-refractivity contribution in [3.63, 3.8) is 0 Å². The molecule has 1 aliphatic heterocycles. The molecule has 0 saturated carbocycles. The van der Waals surface area contributed by atoms with Crippen LogP contribution in [0.2, 0.25) is 0 Å². The third kappa shape index (κ3) is 4.64. The second-order valence-corrected chi connectivity index (χ2v) is 10.9. The third-order valence-electron chi connectivity index (χ3n) is 5.02. The highest BCUT2D eigenvalue weighted by Crippen LogP contribution is 2.25. The number of benzene rings is 3. The van der Waals surface area contributed by atoms with Crippen LogP contribution in [0.5, 0.6) is 11.5 Å². The summed E-state index contributed by atoms with van der Waals surface area (Å²) in [6, 6.07) is 23.6. The van der Waals surface area contributed by atoms with Crippen molar-refractivity contribution in [2.24, 2.45) is 0 Å². The molecular weight excluding hydrogens is 436 g/mol. The van der Waals surface area contributed by atoms with Gasteiger partial charge < -0.3 is 4.74 Å². The van der Waals surface area contributed by atoms with Crippen LogP contribution in [0.25, 0.3) is 0 Å². The topological polar surface area (TPSA) is 84.0 Å². The Hall–Kier alpha value is -2.72. The van der Waals surface area contributed by atoms with Gasteiger partial charge in [0.05, 0.1) is 9.79 Å². The van der Waals surface area contributed by atoms with Crippen LogP contribution in [0, 0.1) is 0 Å². The maximum Gasteiger partial charge on any atom is 0.243 e. The largest absolute Gasteiger partial charge is 0.457 e. The van der Waals surface area contributed by atoms with E-state index in [0.717, 1.165) is 0 Å². The Bertz CT molecular complexity index is 1220. The van der Waals surface area contributed by atoms with Gasteiger partial charge in [0.25, 0.3) is 0 Å². The van der Waals surface area contributed by atoms with Gasteiger partial charge in [-0.15, -0.1) is 0 Å². The smallest absolute Gasteiger partial charge is 0.243 e. The van der Waals surface area contributed by atoms with E-state index >= 15 is 0 Å². The Morgan fingerprint density at radius 3 is 1.39 bits per heavy atom. The van der Waals surface area contributed by atoms with Crippen LogP contribution < -0.4 is 4.74 Å².